The summed E-state index contributed by atoms with van der Waals surface area (Å²) in [6, 6.07) is 18.3. The van der Waals surface area contributed by atoms with Crippen LogP contribution in [0.15, 0.2) is 71.4 Å². The Morgan fingerprint density at radius 1 is 1.03 bits per heavy atom. The summed E-state index contributed by atoms with van der Waals surface area (Å²) >= 11 is 0. The fraction of sp³-hybridized carbons (Fsp3) is 0.231. The second-order valence-corrected chi connectivity index (χ2v) is 8.32. The Bertz CT molecular complexity index is 1400. The van der Waals surface area contributed by atoms with Crippen molar-refractivity contribution in [3.8, 4) is 11.3 Å². The predicted octanol–water partition coefficient (Wildman–Crippen LogP) is 3.26. The number of aromatic nitrogens is 2. The lowest BCUT2D eigenvalue weighted by molar-refractivity contribution is -0.192. The number of hydrogen-bond donors (Lipinski definition) is 5. The number of fused-ring (bicyclic) bond motifs is 1. The number of benzene rings is 2. The van der Waals surface area contributed by atoms with Gasteiger partial charge in [-0.15, -0.1) is 0 Å². The highest BCUT2D eigenvalue weighted by Gasteiger charge is 2.38. The van der Waals surface area contributed by atoms with Crippen LogP contribution in [0.4, 0.5) is 13.2 Å². The fourth-order valence-corrected chi connectivity index (χ4v) is 3.47. The number of carbonyl (C=O) groups is 3. The van der Waals surface area contributed by atoms with E-state index in [1.165, 1.54) is 0 Å². The van der Waals surface area contributed by atoms with Gasteiger partial charge in [-0.3, -0.25) is 9.59 Å². The molecule has 2 heterocycles. The first kappa shape index (κ1) is 28.9. The zero-order chi connectivity index (χ0) is 28.4. The first-order valence-electron chi connectivity index (χ1n) is 11.7. The summed E-state index contributed by atoms with van der Waals surface area (Å²) in [5.74, 6) is -2.76. The van der Waals surface area contributed by atoms with Crippen molar-refractivity contribution < 1.29 is 37.2 Å². The number of carbonyl (C=O) groups excluding carboxylic acids is 2. The van der Waals surface area contributed by atoms with Gasteiger partial charge >= 0.3 is 12.1 Å². The molecule has 4 rings (SSSR count). The van der Waals surface area contributed by atoms with Crippen molar-refractivity contribution in [2.24, 2.45) is 5.73 Å². The third-order valence-electron chi connectivity index (χ3n) is 5.43. The quantitative estimate of drug-likeness (QED) is 0.202. The molecule has 1 atom stereocenters. The maximum Gasteiger partial charge on any atom is 0.490 e. The number of amides is 2. The van der Waals surface area contributed by atoms with Gasteiger partial charge in [-0.25, -0.2) is 4.79 Å². The number of H-pyrrole nitrogens is 1. The van der Waals surface area contributed by atoms with Gasteiger partial charge in [0, 0.05) is 41.8 Å². The number of carboxylic acids is 1. The van der Waals surface area contributed by atoms with Crippen molar-refractivity contribution in [3.63, 3.8) is 0 Å². The molecule has 0 saturated carbocycles. The summed E-state index contributed by atoms with van der Waals surface area (Å²) < 4.78 is 37.0. The first-order valence-corrected chi connectivity index (χ1v) is 11.7. The molecule has 0 bridgehead atoms. The molecule has 0 unspecified atom stereocenters. The molecule has 13 heteroatoms. The number of alkyl halides is 3. The van der Waals surface area contributed by atoms with E-state index in [4.69, 9.17) is 20.2 Å². The minimum absolute atomic E-state index is 0.216. The van der Waals surface area contributed by atoms with Crippen LogP contribution in [0.5, 0.6) is 0 Å². The molecule has 2 amide bonds. The minimum Gasteiger partial charge on any atom is -0.475 e. The lowest BCUT2D eigenvalue weighted by Crippen LogP contribution is -2.42. The summed E-state index contributed by atoms with van der Waals surface area (Å²) in [7, 11) is 0. The van der Waals surface area contributed by atoms with Gasteiger partial charge in [0.15, 0.2) is 11.5 Å². The van der Waals surface area contributed by atoms with Gasteiger partial charge in [0.2, 0.25) is 5.91 Å². The van der Waals surface area contributed by atoms with Crippen LogP contribution in [0.3, 0.4) is 0 Å². The lowest BCUT2D eigenvalue weighted by Gasteiger charge is -2.12. The van der Waals surface area contributed by atoms with Crippen molar-refractivity contribution in [2.45, 2.75) is 25.1 Å². The van der Waals surface area contributed by atoms with E-state index in [9.17, 15) is 22.8 Å². The van der Waals surface area contributed by atoms with Crippen LogP contribution in [-0.2, 0) is 16.0 Å². The van der Waals surface area contributed by atoms with E-state index in [2.05, 4.69) is 20.8 Å². The van der Waals surface area contributed by atoms with E-state index < -0.39 is 18.2 Å². The Hall–Kier alpha value is -4.65. The Morgan fingerprint density at radius 2 is 1.67 bits per heavy atom. The van der Waals surface area contributed by atoms with Crippen LogP contribution in [-0.4, -0.2) is 58.3 Å². The fourth-order valence-electron chi connectivity index (χ4n) is 3.47. The Kier molecular flexibility index (Phi) is 9.81. The summed E-state index contributed by atoms with van der Waals surface area (Å²) in [5, 5.41) is 17.6. The van der Waals surface area contributed by atoms with E-state index in [1.807, 2.05) is 60.8 Å². The topological polar surface area (TPSA) is 163 Å². The van der Waals surface area contributed by atoms with Gasteiger partial charge in [0.1, 0.15) is 0 Å². The smallest absolute Gasteiger partial charge is 0.475 e. The Labute approximate surface area is 220 Å². The molecule has 4 aromatic rings. The van der Waals surface area contributed by atoms with Crippen molar-refractivity contribution in [1.82, 2.24) is 20.8 Å². The third-order valence-corrected chi connectivity index (χ3v) is 5.43. The van der Waals surface area contributed by atoms with Crippen LogP contribution in [0, 0.1) is 0 Å². The number of hydrogen-bond acceptors (Lipinski definition) is 6. The van der Waals surface area contributed by atoms with Gasteiger partial charge in [-0.2, -0.15) is 13.2 Å². The maximum absolute atomic E-state index is 12.3. The summed E-state index contributed by atoms with van der Waals surface area (Å²) in [4.78, 5) is 36.6. The van der Waals surface area contributed by atoms with Crippen molar-refractivity contribution in [1.29, 1.82) is 0 Å². The molecule has 2 aromatic heterocycles. The van der Waals surface area contributed by atoms with E-state index in [1.54, 1.807) is 6.07 Å². The van der Waals surface area contributed by atoms with E-state index in [0.29, 0.717) is 31.7 Å². The van der Waals surface area contributed by atoms with Gasteiger partial charge in [0.05, 0.1) is 6.04 Å². The number of halogens is 3. The molecule has 0 aliphatic carbocycles. The van der Waals surface area contributed by atoms with Crippen LogP contribution >= 0.6 is 0 Å². The van der Waals surface area contributed by atoms with Crippen LogP contribution in [0.2, 0.25) is 0 Å². The molecular formula is C26H26F3N5O5. The molecule has 0 aliphatic rings. The zero-order valence-corrected chi connectivity index (χ0v) is 20.5. The normalized spacial score (nSPS) is 11.8. The van der Waals surface area contributed by atoms with Gasteiger partial charge < -0.3 is 31.0 Å². The van der Waals surface area contributed by atoms with Gasteiger partial charge in [-0.05, 0) is 24.5 Å². The van der Waals surface area contributed by atoms with E-state index >= 15 is 0 Å². The third kappa shape index (κ3) is 8.43. The number of nitrogens with two attached hydrogens (primary N) is 1. The van der Waals surface area contributed by atoms with Crippen molar-refractivity contribution in [2.75, 3.05) is 13.1 Å². The highest BCUT2D eigenvalue weighted by Crippen LogP contribution is 2.20. The molecule has 6 N–H and O–H groups in total. The first-order chi connectivity index (χ1) is 18.6. The number of rotatable bonds is 9. The van der Waals surface area contributed by atoms with Gasteiger partial charge in [-0.1, -0.05) is 53.7 Å². The van der Waals surface area contributed by atoms with Crippen LogP contribution in [0.25, 0.3) is 22.2 Å². The number of nitrogens with one attached hydrogen (secondary N) is 3. The standard InChI is InChI=1S/C24H25N5O3.C2HF3O2/c25-19(13-17-15-28-20-10-5-4-9-18(17)20)23(30)26-11-6-12-27-24(31)21-14-22(32-29-21)16-7-2-1-3-8-16;3-2(4,5)1(6)7/h1-5,7-10,14-15,19,28H,6,11-13,25H2,(H,26,30)(H,27,31);(H,6,7)/t19-;/m0./s1. The molecule has 10 nitrogen and oxygen atoms in total. The monoisotopic (exact) mass is 545 g/mol. The number of para-hydroxylation sites is 1. The van der Waals surface area contributed by atoms with Gasteiger partial charge in [0.25, 0.3) is 5.91 Å². The van der Waals surface area contributed by atoms with Crippen molar-refractivity contribution >= 4 is 28.7 Å². The average molecular weight is 546 g/mol. The molecular weight excluding hydrogens is 519 g/mol. The Morgan fingerprint density at radius 3 is 2.36 bits per heavy atom. The second kappa shape index (κ2) is 13.2. The largest absolute Gasteiger partial charge is 0.490 e. The summed E-state index contributed by atoms with van der Waals surface area (Å²) in [6.07, 6.45) is -2.18. The molecule has 2 aromatic carbocycles. The van der Waals surface area contributed by atoms with Crippen molar-refractivity contribution in [3.05, 3.63) is 78.1 Å². The zero-order valence-electron chi connectivity index (χ0n) is 20.5. The lowest BCUT2D eigenvalue weighted by atomic mass is 10.1. The van der Waals surface area contributed by atoms with E-state index in [0.717, 1.165) is 22.0 Å². The second-order valence-electron chi connectivity index (χ2n) is 8.32. The molecule has 0 aliphatic heterocycles. The Balaban J connectivity index is 0.000000532. The summed E-state index contributed by atoms with van der Waals surface area (Å²) in [5.41, 5.74) is 9.18. The predicted molar refractivity (Wildman–Crippen MR) is 136 cm³/mol. The average Bonchev–Trinajstić information content (AvgIpc) is 3.57. The number of nitrogens with zero attached hydrogens (tertiary/aromatic N) is 1. The number of carboxylic acid groups (broad SMARTS) is 1. The van der Waals surface area contributed by atoms with Crippen LogP contribution in [0.1, 0.15) is 22.5 Å². The SMILES string of the molecule is N[C@@H](Cc1c[nH]c2ccccc12)C(=O)NCCCNC(=O)c1cc(-c2ccccc2)on1.O=C(O)C(F)(F)F. The highest BCUT2D eigenvalue weighted by molar-refractivity contribution is 5.93. The maximum atomic E-state index is 12.3. The van der Waals surface area contributed by atoms with E-state index in [-0.39, 0.29) is 17.5 Å². The molecule has 39 heavy (non-hydrogen) atoms. The molecule has 0 saturated heterocycles. The van der Waals surface area contributed by atoms with Crippen LogP contribution < -0.4 is 16.4 Å². The molecule has 0 spiro atoms. The minimum atomic E-state index is -5.08. The molecule has 0 radical (unpaired) electrons. The number of aromatic amines is 1. The number of aliphatic carboxylic acids is 1. The molecule has 0 fully saturated rings. The summed E-state index contributed by atoms with van der Waals surface area (Å²) in [6.45, 7) is 0.805. The highest BCUT2D eigenvalue weighted by atomic mass is 19.4. The molecule has 206 valence electrons.